The summed E-state index contributed by atoms with van der Waals surface area (Å²) in [5, 5.41) is 0. The van der Waals surface area contributed by atoms with Gasteiger partial charge in [0.2, 0.25) is 0 Å². The van der Waals surface area contributed by atoms with Crippen LogP contribution in [0.15, 0.2) is 60.7 Å². The zero-order chi connectivity index (χ0) is 29.4. The molecule has 10 heteroatoms. The van der Waals surface area contributed by atoms with E-state index in [2.05, 4.69) is 0 Å². The minimum absolute atomic E-state index is 0.116. The van der Waals surface area contributed by atoms with Gasteiger partial charge in [0.05, 0.1) is 20.3 Å². The third kappa shape index (κ3) is 11.7. The van der Waals surface area contributed by atoms with Crippen molar-refractivity contribution in [1.29, 1.82) is 0 Å². The summed E-state index contributed by atoms with van der Waals surface area (Å²) in [6.07, 6.45) is 4.82. The van der Waals surface area contributed by atoms with Gasteiger partial charge in [-0.15, -0.1) is 0 Å². The molecule has 0 N–H and O–H groups in total. The highest BCUT2D eigenvalue weighted by molar-refractivity contribution is 6.61. The number of carbonyl (C=O) groups excluding carboxylic acids is 2. The second kappa shape index (κ2) is 17.3. The van der Waals surface area contributed by atoms with E-state index < -0.39 is 26.8 Å². The lowest BCUT2D eigenvalue weighted by Crippen LogP contribution is -2.51. The molecule has 1 unspecified atom stereocenters. The lowest BCUT2D eigenvalue weighted by molar-refractivity contribution is -0.152. The first kappa shape index (κ1) is 32.8. The molecule has 9 nitrogen and oxygen atoms in total. The Labute approximate surface area is 238 Å². The van der Waals surface area contributed by atoms with Crippen molar-refractivity contribution in [1.82, 2.24) is 0 Å². The van der Waals surface area contributed by atoms with Crippen molar-refractivity contribution in [2.24, 2.45) is 0 Å². The maximum atomic E-state index is 12.8. The van der Waals surface area contributed by atoms with E-state index in [0.29, 0.717) is 24.7 Å². The van der Waals surface area contributed by atoms with Crippen molar-refractivity contribution in [3.05, 3.63) is 71.8 Å². The first-order chi connectivity index (χ1) is 19.2. The highest BCUT2D eigenvalue weighted by Crippen LogP contribution is 2.23. The number of hydrogen-bond donors (Lipinski definition) is 0. The zero-order valence-corrected chi connectivity index (χ0v) is 25.1. The average molecular weight is 573 g/mol. The highest BCUT2D eigenvalue weighted by Gasteiger charge is 2.45. The molecule has 2 rings (SSSR count). The predicted octanol–water partition coefficient (Wildman–Crippen LogP) is 5.32. The lowest BCUT2D eigenvalue weighted by atomic mass is 10.2. The molecule has 2 aromatic rings. The van der Waals surface area contributed by atoms with Gasteiger partial charge in [-0.05, 0) is 75.2 Å². The quantitative estimate of drug-likeness (QED) is 0.142. The second-order valence-electron chi connectivity index (χ2n) is 8.82. The molecule has 0 aliphatic carbocycles. The van der Waals surface area contributed by atoms with Gasteiger partial charge < -0.3 is 32.2 Å². The van der Waals surface area contributed by atoms with Crippen LogP contribution in [0.1, 0.15) is 38.8 Å². The first-order valence-electron chi connectivity index (χ1n) is 13.2. The molecule has 1 atom stereocenters. The first-order valence-corrected chi connectivity index (χ1v) is 15.1. The zero-order valence-electron chi connectivity index (χ0n) is 24.1. The van der Waals surface area contributed by atoms with Gasteiger partial charge in [0.15, 0.2) is 0 Å². The molecular weight excluding hydrogens is 532 g/mol. The Bertz CT molecular complexity index is 1090. The van der Waals surface area contributed by atoms with Crippen LogP contribution in [0.3, 0.4) is 0 Å². The summed E-state index contributed by atoms with van der Waals surface area (Å²) in [6, 6.07) is 14.5. The number of carbonyl (C=O) groups is 2. The topological polar surface area (TPSA) is 98.8 Å². The standard InChI is InChI=1S/C30H40O9Si/c1-7-36-40(37-8-2,39-23(3)4)22-28(38-30(32)20-14-25-11-17-27(34-6)18-12-25)21-35-29(31)19-13-24-9-15-26(33-5)16-10-24/h9-20,23,28H,7-8,21-22H2,1-6H3. The van der Waals surface area contributed by atoms with Crippen LogP contribution in [-0.4, -0.2) is 67.0 Å². The van der Waals surface area contributed by atoms with Gasteiger partial charge in [0, 0.05) is 31.5 Å². The smallest absolute Gasteiger partial charge is 0.497 e. The van der Waals surface area contributed by atoms with Gasteiger partial charge >= 0.3 is 20.7 Å². The molecule has 2 aromatic carbocycles. The summed E-state index contributed by atoms with van der Waals surface area (Å²) < 4.78 is 39.6. The van der Waals surface area contributed by atoms with Crippen LogP contribution in [-0.2, 0) is 32.3 Å². The number of methoxy groups -OCH3 is 2. The minimum atomic E-state index is -3.27. The van der Waals surface area contributed by atoms with E-state index in [1.54, 1.807) is 50.6 Å². The molecule has 218 valence electrons. The van der Waals surface area contributed by atoms with Crippen LogP contribution in [0.5, 0.6) is 11.5 Å². The Balaban J connectivity index is 2.16. The molecule has 0 heterocycles. The Morgan fingerprint density at radius 3 is 1.68 bits per heavy atom. The van der Waals surface area contributed by atoms with Gasteiger partial charge in [-0.1, -0.05) is 24.3 Å². The number of hydrogen-bond acceptors (Lipinski definition) is 9. The molecular formula is C30H40O9Si. The molecule has 0 aliphatic heterocycles. The molecule has 0 saturated heterocycles. The van der Waals surface area contributed by atoms with Crippen molar-refractivity contribution in [2.45, 2.75) is 45.9 Å². The van der Waals surface area contributed by atoms with Crippen LogP contribution in [0.25, 0.3) is 12.2 Å². The number of rotatable bonds is 17. The van der Waals surface area contributed by atoms with Crippen LogP contribution < -0.4 is 9.47 Å². The normalized spacial score (nSPS) is 12.6. The summed E-state index contributed by atoms with van der Waals surface area (Å²) in [6.45, 7) is 7.93. The monoisotopic (exact) mass is 572 g/mol. The fourth-order valence-corrected chi connectivity index (χ4v) is 6.58. The summed E-state index contributed by atoms with van der Waals surface area (Å²) in [7, 11) is -0.106. The maximum Gasteiger partial charge on any atom is 0.505 e. The molecule has 40 heavy (non-hydrogen) atoms. The summed E-state index contributed by atoms with van der Waals surface area (Å²) in [5.74, 6) is 0.229. The Morgan fingerprint density at radius 2 is 1.25 bits per heavy atom. The Hall–Kier alpha value is -3.44. The van der Waals surface area contributed by atoms with Crippen molar-refractivity contribution in [2.75, 3.05) is 34.0 Å². The Kier molecular flexibility index (Phi) is 14.2. The van der Waals surface area contributed by atoms with Crippen LogP contribution in [0.2, 0.25) is 6.04 Å². The summed E-state index contributed by atoms with van der Waals surface area (Å²) in [4.78, 5) is 25.3. The third-order valence-electron chi connectivity index (χ3n) is 5.37. The lowest BCUT2D eigenvalue weighted by Gasteiger charge is -2.33. The third-order valence-corrected chi connectivity index (χ3v) is 8.61. The van der Waals surface area contributed by atoms with E-state index in [4.69, 9.17) is 32.2 Å². The van der Waals surface area contributed by atoms with Crippen molar-refractivity contribution < 1.29 is 41.8 Å². The van der Waals surface area contributed by atoms with Crippen LogP contribution >= 0.6 is 0 Å². The minimum Gasteiger partial charge on any atom is -0.497 e. The molecule has 0 fully saturated rings. The number of esters is 2. The summed E-state index contributed by atoms with van der Waals surface area (Å²) in [5.41, 5.74) is 1.59. The van der Waals surface area contributed by atoms with Crippen molar-refractivity contribution in [3.63, 3.8) is 0 Å². The number of benzene rings is 2. The molecule has 0 bridgehead atoms. The predicted molar refractivity (Wildman–Crippen MR) is 155 cm³/mol. The largest absolute Gasteiger partial charge is 0.505 e. The SMILES string of the molecule is CCO[Si](CC(COC(=O)C=Cc1ccc(OC)cc1)OC(=O)C=Cc1ccc(OC)cc1)(OCC)OC(C)C. The van der Waals surface area contributed by atoms with Gasteiger partial charge in [-0.3, -0.25) is 0 Å². The van der Waals surface area contributed by atoms with Crippen LogP contribution in [0.4, 0.5) is 0 Å². The molecule has 0 amide bonds. The van der Waals surface area contributed by atoms with Gasteiger partial charge in [-0.25, -0.2) is 9.59 Å². The molecule has 0 aromatic heterocycles. The van der Waals surface area contributed by atoms with E-state index in [0.717, 1.165) is 11.1 Å². The van der Waals surface area contributed by atoms with Gasteiger partial charge in [0.25, 0.3) is 0 Å². The van der Waals surface area contributed by atoms with E-state index in [-0.39, 0.29) is 18.8 Å². The number of ether oxygens (including phenoxy) is 4. The van der Waals surface area contributed by atoms with Gasteiger partial charge in [-0.2, -0.15) is 0 Å². The summed E-state index contributed by atoms with van der Waals surface area (Å²) >= 11 is 0. The average Bonchev–Trinajstić information content (AvgIpc) is 2.94. The van der Waals surface area contributed by atoms with Crippen LogP contribution in [0, 0.1) is 0 Å². The highest BCUT2D eigenvalue weighted by atomic mass is 28.4. The van der Waals surface area contributed by atoms with E-state index >= 15 is 0 Å². The fourth-order valence-electron chi connectivity index (χ4n) is 3.67. The van der Waals surface area contributed by atoms with E-state index in [1.807, 2.05) is 52.0 Å². The Morgan fingerprint density at radius 1 is 0.775 bits per heavy atom. The fraction of sp³-hybridized carbons (Fsp3) is 0.400. The van der Waals surface area contributed by atoms with Gasteiger partial charge in [0.1, 0.15) is 24.2 Å². The van der Waals surface area contributed by atoms with E-state index in [1.165, 1.54) is 12.2 Å². The second-order valence-corrected chi connectivity index (χ2v) is 11.4. The maximum absolute atomic E-state index is 12.8. The molecule has 0 radical (unpaired) electrons. The molecule has 0 spiro atoms. The molecule has 0 aliphatic rings. The van der Waals surface area contributed by atoms with Crippen molar-refractivity contribution in [3.8, 4) is 11.5 Å². The molecule has 0 saturated carbocycles. The van der Waals surface area contributed by atoms with Crippen molar-refractivity contribution >= 4 is 32.9 Å². The van der Waals surface area contributed by atoms with E-state index in [9.17, 15) is 9.59 Å².